The largest absolute Gasteiger partial charge is 0.293 e. The lowest BCUT2D eigenvalue weighted by atomic mass is 10.2. The predicted octanol–water partition coefficient (Wildman–Crippen LogP) is 6.61. The van der Waals surface area contributed by atoms with E-state index in [4.69, 9.17) is 11.6 Å². The van der Waals surface area contributed by atoms with Gasteiger partial charge in [-0.25, -0.2) is 4.98 Å². The topological polar surface area (TPSA) is 17.8 Å². The first-order valence-electron chi connectivity index (χ1n) is 6.25. The quantitative estimate of drug-likeness (QED) is 0.367. The molecule has 0 fully saturated rings. The second-order valence-corrected chi connectivity index (χ2v) is 7.90. The lowest BCUT2D eigenvalue weighted by Gasteiger charge is -2.14. The summed E-state index contributed by atoms with van der Waals surface area (Å²) in [6.07, 6.45) is 0. The lowest BCUT2D eigenvalue weighted by Crippen LogP contribution is -2.03. The van der Waals surface area contributed by atoms with Crippen LogP contribution in [0.5, 0.6) is 0 Å². The van der Waals surface area contributed by atoms with Crippen molar-refractivity contribution in [2.45, 2.75) is 12.3 Å². The van der Waals surface area contributed by atoms with E-state index in [0.29, 0.717) is 0 Å². The zero-order valence-corrected chi connectivity index (χ0v) is 16.5. The van der Waals surface area contributed by atoms with Crippen LogP contribution in [0.15, 0.2) is 49.8 Å². The summed E-state index contributed by atoms with van der Waals surface area (Å²) >= 11 is 17.1. The molecule has 1 atom stereocenters. The first kappa shape index (κ1) is 15.5. The molecule has 0 saturated heterocycles. The van der Waals surface area contributed by atoms with Crippen molar-refractivity contribution in [1.82, 2.24) is 9.55 Å². The molecule has 6 heteroatoms. The van der Waals surface area contributed by atoms with Crippen LogP contribution in [0.3, 0.4) is 0 Å². The number of hydrogen-bond acceptors (Lipinski definition) is 1. The summed E-state index contributed by atoms with van der Waals surface area (Å²) in [5.41, 5.74) is 2.93. The maximum atomic E-state index is 6.35. The molecular weight excluding hydrogens is 483 g/mol. The van der Waals surface area contributed by atoms with E-state index in [9.17, 15) is 0 Å². The maximum absolute atomic E-state index is 6.35. The average molecular weight is 493 g/mol. The average Bonchev–Trinajstić information content (AvgIpc) is 2.78. The van der Waals surface area contributed by atoms with Crippen LogP contribution in [0.25, 0.3) is 16.7 Å². The number of imidazole rings is 1. The fraction of sp³-hybridized carbons (Fsp3) is 0.133. The molecule has 0 spiro atoms. The van der Waals surface area contributed by atoms with Crippen molar-refractivity contribution < 1.29 is 0 Å². The minimum atomic E-state index is -0.199. The second-order valence-electron chi connectivity index (χ2n) is 4.62. The van der Waals surface area contributed by atoms with Crippen LogP contribution in [-0.2, 0) is 0 Å². The van der Waals surface area contributed by atoms with E-state index in [2.05, 4.69) is 63.4 Å². The highest BCUT2D eigenvalue weighted by atomic mass is 79.9. The van der Waals surface area contributed by atoms with Gasteiger partial charge in [0.15, 0.2) is 0 Å². The van der Waals surface area contributed by atoms with Crippen LogP contribution in [-0.4, -0.2) is 9.55 Å². The van der Waals surface area contributed by atoms with Gasteiger partial charge in [-0.3, -0.25) is 4.57 Å². The number of rotatable bonds is 2. The fourth-order valence-electron chi connectivity index (χ4n) is 2.27. The standard InChI is InChI=1S/C15H10Br3ClN2/c1-8(19)15-20-12-6-5-9(16)7-13(12)21(15)14-10(17)3-2-4-11(14)18/h2-8H,1H3. The number of benzene rings is 2. The number of halogens is 4. The van der Waals surface area contributed by atoms with E-state index < -0.39 is 0 Å². The van der Waals surface area contributed by atoms with Crippen molar-refractivity contribution in [3.8, 4) is 5.69 Å². The number of aromatic nitrogens is 2. The fourth-order valence-corrected chi connectivity index (χ4v) is 4.12. The van der Waals surface area contributed by atoms with Gasteiger partial charge >= 0.3 is 0 Å². The summed E-state index contributed by atoms with van der Waals surface area (Å²) < 4.78 is 5.06. The van der Waals surface area contributed by atoms with Crippen molar-refractivity contribution in [3.63, 3.8) is 0 Å². The number of nitrogens with zero attached hydrogens (tertiary/aromatic N) is 2. The number of fused-ring (bicyclic) bond motifs is 1. The highest BCUT2D eigenvalue weighted by Gasteiger charge is 2.19. The molecule has 21 heavy (non-hydrogen) atoms. The summed E-state index contributed by atoms with van der Waals surface area (Å²) in [4.78, 5) is 4.68. The van der Waals surface area contributed by atoms with Gasteiger partial charge in [0, 0.05) is 13.4 Å². The molecule has 1 aromatic heterocycles. The minimum Gasteiger partial charge on any atom is -0.293 e. The van der Waals surface area contributed by atoms with Gasteiger partial charge in [0.1, 0.15) is 5.82 Å². The molecule has 1 heterocycles. The minimum absolute atomic E-state index is 0.199. The Labute approximate surface area is 152 Å². The molecule has 2 nitrogen and oxygen atoms in total. The van der Waals surface area contributed by atoms with E-state index in [1.54, 1.807) is 0 Å². The highest BCUT2D eigenvalue weighted by molar-refractivity contribution is 9.11. The predicted molar refractivity (Wildman–Crippen MR) is 98.4 cm³/mol. The summed E-state index contributed by atoms with van der Waals surface area (Å²) in [5, 5.41) is -0.199. The van der Waals surface area contributed by atoms with Crippen LogP contribution in [0.1, 0.15) is 18.1 Å². The molecule has 108 valence electrons. The van der Waals surface area contributed by atoms with Crippen molar-refractivity contribution in [1.29, 1.82) is 0 Å². The molecule has 0 bridgehead atoms. The monoisotopic (exact) mass is 490 g/mol. The lowest BCUT2D eigenvalue weighted by molar-refractivity contribution is 0.878. The molecule has 3 aromatic rings. The van der Waals surface area contributed by atoms with Gasteiger partial charge in [-0.2, -0.15) is 0 Å². The van der Waals surface area contributed by atoms with Crippen molar-refractivity contribution in [3.05, 3.63) is 55.6 Å². The zero-order chi connectivity index (χ0) is 15.1. The van der Waals surface area contributed by atoms with Gasteiger partial charge < -0.3 is 0 Å². The Bertz CT molecular complexity index is 807. The van der Waals surface area contributed by atoms with Gasteiger partial charge in [-0.15, -0.1) is 11.6 Å². The van der Waals surface area contributed by atoms with Gasteiger partial charge in [-0.1, -0.05) is 22.0 Å². The normalized spacial score (nSPS) is 12.8. The third-order valence-electron chi connectivity index (χ3n) is 3.16. The van der Waals surface area contributed by atoms with Crippen molar-refractivity contribution in [2.24, 2.45) is 0 Å². The molecular formula is C15H10Br3ClN2. The Morgan fingerprint density at radius 1 is 1.10 bits per heavy atom. The van der Waals surface area contributed by atoms with Gasteiger partial charge in [0.2, 0.25) is 0 Å². The smallest absolute Gasteiger partial charge is 0.132 e. The molecule has 0 saturated carbocycles. The van der Waals surface area contributed by atoms with Gasteiger partial charge in [0.05, 0.1) is 22.1 Å². The molecule has 0 radical (unpaired) electrons. The molecule has 0 aliphatic carbocycles. The molecule has 0 N–H and O–H groups in total. The molecule has 0 aliphatic rings. The van der Waals surface area contributed by atoms with Gasteiger partial charge in [0.25, 0.3) is 0 Å². The molecule has 0 aliphatic heterocycles. The third-order valence-corrected chi connectivity index (χ3v) is 5.13. The molecule has 1 unspecified atom stereocenters. The Balaban J connectivity index is 2.44. The van der Waals surface area contributed by atoms with E-state index in [-0.39, 0.29) is 5.38 Å². The van der Waals surface area contributed by atoms with Crippen LogP contribution in [0.4, 0.5) is 0 Å². The van der Waals surface area contributed by atoms with E-state index >= 15 is 0 Å². The summed E-state index contributed by atoms with van der Waals surface area (Å²) in [6.45, 7) is 1.93. The van der Waals surface area contributed by atoms with Gasteiger partial charge in [-0.05, 0) is 69.1 Å². The van der Waals surface area contributed by atoms with Crippen molar-refractivity contribution in [2.75, 3.05) is 0 Å². The van der Waals surface area contributed by atoms with E-state index in [1.807, 2.05) is 37.3 Å². The summed E-state index contributed by atoms with van der Waals surface area (Å²) in [7, 11) is 0. The summed E-state index contributed by atoms with van der Waals surface area (Å²) in [6, 6.07) is 12.0. The van der Waals surface area contributed by atoms with Crippen LogP contribution < -0.4 is 0 Å². The second kappa shape index (κ2) is 6.03. The SMILES string of the molecule is CC(Cl)c1nc2ccc(Br)cc2n1-c1c(Br)cccc1Br. The first-order chi connectivity index (χ1) is 9.99. The number of alkyl halides is 1. The number of para-hydroxylation sites is 1. The Morgan fingerprint density at radius 3 is 2.38 bits per heavy atom. The Morgan fingerprint density at radius 2 is 1.76 bits per heavy atom. The first-order valence-corrected chi connectivity index (χ1v) is 9.07. The van der Waals surface area contributed by atoms with E-state index in [1.165, 1.54) is 0 Å². The van der Waals surface area contributed by atoms with E-state index in [0.717, 1.165) is 36.0 Å². The Kier molecular flexibility index (Phi) is 4.46. The number of hydrogen-bond donors (Lipinski definition) is 0. The molecule has 3 rings (SSSR count). The molecule has 0 amide bonds. The van der Waals surface area contributed by atoms with Crippen LogP contribution in [0, 0.1) is 0 Å². The third kappa shape index (κ3) is 2.81. The van der Waals surface area contributed by atoms with Crippen LogP contribution in [0.2, 0.25) is 0 Å². The van der Waals surface area contributed by atoms with Crippen LogP contribution >= 0.6 is 59.4 Å². The zero-order valence-electron chi connectivity index (χ0n) is 10.9. The Hall–Kier alpha value is -0.360. The maximum Gasteiger partial charge on any atom is 0.132 e. The highest BCUT2D eigenvalue weighted by Crippen LogP contribution is 2.36. The molecule has 2 aromatic carbocycles. The van der Waals surface area contributed by atoms with Crippen molar-refractivity contribution >= 4 is 70.4 Å². The summed E-state index contributed by atoms with van der Waals surface area (Å²) in [5.74, 6) is 0.817.